The minimum Gasteiger partial charge on any atom is -0.478 e. The van der Waals surface area contributed by atoms with Gasteiger partial charge in [0.15, 0.2) is 0 Å². The largest absolute Gasteiger partial charge is 0.478 e. The summed E-state index contributed by atoms with van der Waals surface area (Å²) < 4.78 is 0.957. The highest BCUT2D eigenvalue weighted by Gasteiger charge is 2.14. The van der Waals surface area contributed by atoms with Gasteiger partial charge in [0.25, 0.3) is 0 Å². The molecule has 2 heterocycles. The van der Waals surface area contributed by atoms with E-state index in [4.69, 9.17) is 5.11 Å². The standard InChI is InChI=1S/C8H5BrN2O2S/c9-6-2-1-5(14-6)7-4(8(12)13)3-10-11-7/h1-3H,(H,10,11)(H,12,13). The van der Waals surface area contributed by atoms with Crippen molar-refractivity contribution in [2.75, 3.05) is 0 Å². The number of carbonyl (C=O) groups is 1. The lowest BCUT2D eigenvalue weighted by molar-refractivity contribution is 0.0698. The van der Waals surface area contributed by atoms with Gasteiger partial charge in [-0.3, -0.25) is 5.10 Å². The molecule has 0 amide bonds. The monoisotopic (exact) mass is 272 g/mol. The molecule has 0 atom stereocenters. The molecular weight excluding hydrogens is 268 g/mol. The van der Waals surface area contributed by atoms with Crippen LogP contribution in [0.2, 0.25) is 0 Å². The number of halogens is 1. The molecule has 0 aliphatic heterocycles. The predicted octanol–water partition coefficient (Wildman–Crippen LogP) is 2.60. The van der Waals surface area contributed by atoms with E-state index in [0.29, 0.717) is 5.69 Å². The molecule has 0 saturated carbocycles. The molecule has 2 N–H and O–H groups in total. The molecule has 0 fully saturated rings. The van der Waals surface area contributed by atoms with Crippen LogP contribution in [0.25, 0.3) is 10.6 Å². The predicted molar refractivity (Wildman–Crippen MR) is 56.6 cm³/mol. The topological polar surface area (TPSA) is 66.0 Å². The molecule has 0 unspecified atom stereocenters. The van der Waals surface area contributed by atoms with Crippen LogP contribution in [0.15, 0.2) is 22.1 Å². The molecule has 72 valence electrons. The van der Waals surface area contributed by atoms with Crippen molar-refractivity contribution in [2.45, 2.75) is 0 Å². The molecule has 14 heavy (non-hydrogen) atoms. The number of H-pyrrole nitrogens is 1. The van der Waals surface area contributed by atoms with Gasteiger partial charge in [-0.25, -0.2) is 4.79 Å². The van der Waals surface area contributed by atoms with Gasteiger partial charge in [0.1, 0.15) is 5.56 Å². The maximum absolute atomic E-state index is 10.8. The Kier molecular flexibility index (Phi) is 2.39. The summed E-state index contributed by atoms with van der Waals surface area (Å²) in [7, 11) is 0. The third-order valence-corrected chi connectivity index (χ3v) is 3.33. The Hall–Kier alpha value is -1.14. The molecule has 2 aromatic rings. The van der Waals surface area contributed by atoms with Crippen molar-refractivity contribution in [3.8, 4) is 10.6 Å². The number of hydrogen-bond donors (Lipinski definition) is 2. The Bertz CT molecular complexity index is 477. The summed E-state index contributed by atoms with van der Waals surface area (Å²) in [6.45, 7) is 0. The summed E-state index contributed by atoms with van der Waals surface area (Å²) >= 11 is 4.78. The second-order valence-corrected chi connectivity index (χ2v) is 5.03. The van der Waals surface area contributed by atoms with Crippen LogP contribution in [0.5, 0.6) is 0 Å². The Balaban J connectivity index is 2.51. The Morgan fingerprint density at radius 3 is 2.93 bits per heavy atom. The maximum Gasteiger partial charge on any atom is 0.339 e. The first-order valence-corrected chi connectivity index (χ1v) is 5.32. The van der Waals surface area contributed by atoms with E-state index >= 15 is 0 Å². The van der Waals surface area contributed by atoms with Gasteiger partial charge in [0.05, 0.1) is 20.6 Å². The highest BCUT2D eigenvalue weighted by molar-refractivity contribution is 9.11. The van der Waals surface area contributed by atoms with E-state index in [0.717, 1.165) is 8.66 Å². The zero-order valence-corrected chi connectivity index (χ0v) is 9.22. The normalized spacial score (nSPS) is 10.4. The average molecular weight is 273 g/mol. The zero-order valence-electron chi connectivity index (χ0n) is 6.82. The minimum absolute atomic E-state index is 0.194. The maximum atomic E-state index is 10.8. The number of hydrogen-bond acceptors (Lipinski definition) is 3. The number of aromatic carboxylic acids is 1. The van der Waals surface area contributed by atoms with Crippen LogP contribution in [-0.2, 0) is 0 Å². The molecule has 0 spiro atoms. The Labute approximate surface area is 91.7 Å². The highest BCUT2D eigenvalue weighted by Crippen LogP contribution is 2.31. The molecule has 0 saturated heterocycles. The zero-order chi connectivity index (χ0) is 10.1. The number of carboxylic acid groups (broad SMARTS) is 1. The Morgan fingerprint density at radius 2 is 2.36 bits per heavy atom. The third kappa shape index (κ3) is 1.58. The first-order chi connectivity index (χ1) is 6.68. The van der Waals surface area contributed by atoms with Crippen LogP contribution in [0.1, 0.15) is 10.4 Å². The van der Waals surface area contributed by atoms with Gasteiger partial charge in [-0.1, -0.05) is 0 Å². The minimum atomic E-state index is -0.974. The van der Waals surface area contributed by atoms with E-state index < -0.39 is 5.97 Å². The fourth-order valence-electron chi connectivity index (χ4n) is 1.08. The molecule has 0 aliphatic rings. The van der Waals surface area contributed by atoms with Crippen molar-refractivity contribution >= 4 is 33.2 Å². The fourth-order valence-corrected chi connectivity index (χ4v) is 2.48. The molecular formula is C8H5BrN2O2S. The first-order valence-electron chi connectivity index (χ1n) is 3.71. The third-order valence-electron chi connectivity index (χ3n) is 1.69. The molecule has 0 radical (unpaired) electrons. The van der Waals surface area contributed by atoms with Crippen molar-refractivity contribution in [1.29, 1.82) is 0 Å². The van der Waals surface area contributed by atoms with Gasteiger partial charge in [-0.15, -0.1) is 11.3 Å². The summed E-state index contributed by atoms with van der Waals surface area (Å²) in [6, 6.07) is 3.71. The van der Waals surface area contributed by atoms with Crippen LogP contribution in [-0.4, -0.2) is 21.3 Å². The summed E-state index contributed by atoms with van der Waals surface area (Å²) in [6.07, 6.45) is 1.31. The second-order valence-electron chi connectivity index (χ2n) is 2.57. The van der Waals surface area contributed by atoms with Crippen molar-refractivity contribution in [1.82, 2.24) is 10.2 Å². The number of rotatable bonds is 2. The first kappa shape index (κ1) is 9.42. The van der Waals surface area contributed by atoms with Gasteiger partial charge in [0, 0.05) is 0 Å². The van der Waals surface area contributed by atoms with Crippen LogP contribution in [0.4, 0.5) is 0 Å². The molecule has 0 aromatic carbocycles. The second kappa shape index (κ2) is 3.55. The van der Waals surface area contributed by atoms with Gasteiger partial charge < -0.3 is 5.11 Å². The summed E-state index contributed by atoms with van der Waals surface area (Å²) in [5, 5.41) is 15.2. The van der Waals surface area contributed by atoms with Crippen molar-refractivity contribution in [3.05, 3.63) is 27.7 Å². The van der Waals surface area contributed by atoms with E-state index in [1.54, 1.807) is 0 Å². The number of aromatic amines is 1. The quantitative estimate of drug-likeness (QED) is 0.883. The smallest absolute Gasteiger partial charge is 0.339 e. The average Bonchev–Trinajstić information content (AvgIpc) is 2.70. The van der Waals surface area contributed by atoms with E-state index in [1.165, 1.54) is 17.5 Å². The van der Waals surface area contributed by atoms with E-state index in [-0.39, 0.29) is 5.56 Å². The molecule has 0 aliphatic carbocycles. The van der Waals surface area contributed by atoms with Gasteiger partial charge in [-0.05, 0) is 28.1 Å². The molecule has 2 rings (SSSR count). The fraction of sp³-hybridized carbons (Fsp3) is 0. The van der Waals surface area contributed by atoms with Crippen LogP contribution in [0, 0.1) is 0 Å². The summed E-state index contributed by atoms with van der Waals surface area (Å²) in [5.41, 5.74) is 0.743. The SMILES string of the molecule is O=C(O)c1cn[nH]c1-c1ccc(Br)s1. The lowest BCUT2D eigenvalue weighted by Crippen LogP contribution is -1.95. The molecule has 2 aromatic heterocycles. The number of nitrogens with zero attached hydrogens (tertiary/aromatic N) is 1. The van der Waals surface area contributed by atoms with Gasteiger partial charge >= 0.3 is 5.97 Å². The summed E-state index contributed by atoms with van der Waals surface area (Å²) in [4.78, 5) is 11.6. The van der Waals surface area contributed by atoms with Crippen LogP contribution in [0.3, 0.4) is 0 Å². The Morgan fingerprint density at radius 1 is 1.57 bits per heavy atom. The number of thiophene rings is 1. The number of carboxylic acids is 1. The van der Waals surface area contributed by atoms with E-state index in [1.807, 2.05) is 12.1 Å². The molecule has 6 heteroatoms. The molecule has 4 nitrogen and oxygen atoms in total. The van der Waals surface area contributed by atoms with Crippen molar-refractivity contribution in [2.24, 2.45) is 0 Å². The van der Waals surface area contributed by atoms with Crippen molar-refractivity contribution < 1.29 is 9.90 Å². The lowest BCUT2D eigenvalue weighted by atomic mass is 10.2. The van der Waals surface area contributed by atoms with Crippen LogP contribution < -0.4 is 0 Å². The highest BCUT2D eigenvalue weighted by atomic mass is 79.9. The van der Waals surface area contributed by atoms with E-state index in [2.05, 4.69) is 26.1 Å². The number of aromatic nitrogens is 2. The van der Waals surface area contributed by atoms with Crippen molar-refractivity contribution in [3.63, 3.8) is 0 Å². The lowest BCUT2D eigenvalue weighted by Gasteiger charge is -1.93. The van der Waals surface area contributed by atoms with Gasteiger partial charge in [-0.2, -0.15) is 5.10 Å². The molecule has 0 bridgehead atoms. The number of nitrogens with one attached hydrogen (secondary N) is 1. The van der Waals surface area contributed by atoms with E-state index in [9.17, 15) is 4.79 Å². The van der Waals surface area contributed by atoms with Crippen LogP contribution >= 0.6 is 27.3 Å². The van der Waals surface area contributed by atoms with Gasteiger partial charge in [0.2, 0.25) is 0 Å². The summed E-state index contributed by atoms with van der Waals surface area (Å²) in [5.74, 6) is -0.974.